The predicted molar refractivity (Wildman–Crippen MR) is 101 cm³/mol. The molecule has 27 heavy (non-hydrogen) atoms. The number of halogens is 4. The molecule has 0 atom stereocenters. The summed E-state index contributed by atoms with van der Waals surface area (Å²) in [5.41, 5.74) is -0.863. The van der Waals surface area contributed by atoms with E-state index in [2.05, 4.69) is 20.7 Å². The number of alkyl halides is 4. The maximum atomic E-state index is 12.6. The molecular formula is C18H25BrF3NO3S. The van der Waals surface area contributed by atoms with E-state index < -0.39 is 21.8 Å². The Balaban J connectivity index is 1.77. The standard InChI is InChI=1S/C18H25BrF3NO3S/c19-10-1-11-26-13-15-4-2-14(3-5-15)12-23-27(24,25)17-8-6-16(7-9-17)18(20,21)22/h6-9,14-15,23H,1-5,10-13H2. The zero-order valence-electron chi connectivity index (χ0n) is 15.0. The Hall–Kier alpha value is -0.640. The molecule has 0 unspecified atom stereocenters. The van der Waals surface area contributed by atoms with Crippen LogP contribution in [0.3, 0.4) is 0 Å². The van der Waals surface area contributed by atoms with Gasteiger partial charge in [-0.15, -0.1) is 0 Å². The first-order valence-electron chi connectivity index (χ1n) is 9.03. The van der Waals surface area contributed by atoms with Crippen LogP contribution in [0.2, 0.25) is 0 Å². The number of hydrogen-bond acceptors (Lipinski definition) is 3. The van der Waals surface area contributed by atoms with E-state index in [1.54, 1.807) is 0 Å². The lowest BCUT2D eigenvalue weighted by Gasteiger charge is -2.28. The van der Waals surface area contributed by atoms with Gasteiger partial charge in [-0.1, -0.05) is 15.9 Å². The van der Waals surface area contributed by atoms with E-state index in [0.29, 0.717) is 12.5 Å². The molecule has 9 heteroatoms. The summed E-state index contributed by atoms with van der Waals surface area (Å²) in [5, 5.41) is 0.929. The summed E-state index contributed by atoms with van der Waals surface area (Å²) in [7, 11) is -3.80. The van der Waals surface area contributed by atoms with Crippen LogP contribution in [0, 0.1) is 11.8 Å². The fourth-order valence-electron chi connectivity index (χ4n) is 3.14. The topological polar surface area (TPSA) is 55.4 Å². The first kappa shape index (κ1) is 22.6. The molecule has 1 fully saturated rings. The average molecular weight is 472 g/mol. The fraction of sp³-hybridized carbons (Fsp3) is 0.667. The third-order valence-electron chi connectivity index (χ3n) is 4.80. The second-order valence-corrected chi connectivity index (χ2v) is 9.44. The third kappa shape index (κ3) is 7.36. The van der Waals surface area contributed by atoms with Crippen molar-refractivity contribution in [1.29, 1.82) is 0 Å². The van der Waals surface area contributed by atoms with Crippen LogP contribution in [0.4, 0.5) is 13.2 Å². The van der Waals surface area contributed by atoms with E-state index in [4.69, 9.17) is 4.74 Å². The number of nitrogens with one attached hydrogen (secondary N) is 1. The highest BCUT2D eigenvalue weighted by molar-refractivity contribution is 9.09. The Morgan fingerprint density at radius 1 is 1.07 bits per heavy atom. The molecule has 4 nitrogen and oxygen atoms in total. The smallest absolute Gasteiger partial charge is 0.381 e. The van der Waals surface area contributed by atoms with Gasteiger partial charge in [0.05, 0.1) is 10.5 Å². The highest BCUT2D eigenvalue weighted by Gasteiger charge is 2.31. The van der Waals surface area contributed by atoms with E-state index >= 15 is 0 Å². The molecule has 1 aromatic carbocycles. The third-order valence-corrected chi connectivity index (χ3v) is 6.80. The summed E-state index contributed by atoms with van der Waals surface area (Å²) in [5.74, 6) is 0.760. The molecule has 0 bridgehead atoms. The van der Waals surface area contributed by atoms with E-state index in [1.807, 2.05) is 0 Å². The van der Waals surface area contributed by atoms with E-state index in [0.717, 1.165) is 74.9 Å². The zero-order chi connectivity index (χ0) is 19.9. The number of benzene rings is 1. The van der Waals surface area contributed by atoms with Crippen molar-refractivity contribution < 1.29 is 26.3 Å². The summed E-state index contributed by atoms with van der Waals surface area (Å²) in [6.07, 6.45) is 0.347. The maximum Gasteiger partial charge on any atom is 0.416 e. The lowest BCUT2D eigenvalue weighted by molar-refractivity contribution is -0.137. The van der Waals surface area contributed by atoms with Crippen molar-refractivity contribution in [2.24, 2.45) is 11.8 Å². The molecule has 1 aromatic rings. The molecule has 0 amide bonds. The van der Waals surface area contributed by atoms with Crippen LogP contribution in [0.5, 0.6) is 0 Å². The number of rotatable bonds is 9. The van der Waals surface area contributed by atoms with Gasteiger partial charge in [-0.2, -0.15) is 13.2 Å². The zero-order valence-corrected chi connectivity index (χ0v) is 17.4. The van der Waals surface area contributed by atoms with Crippen LogP contribution in [-0.4, -0.2) is 33.5 Å². The minimum absolute atomic E-state index is 0.149. The van der Waals surface area contributed by atoms with Gasteiger partial charge in [0.2, 0.25) is 10.0 Å². The Kier molecular flexibility index (Phi) is 8.58. The van der Waals surface area contributed by atoms with Gasteiger partial charge in [-0.3, -0.25) is 0 Å². The monoisotopic (exact) mass is 471 g/mol. The lowest BCUT2D eigenvalue weighted by Crippen LogP contribution is -2.32. The molecule has 0 aliphatic heterocycles. The molecule has 1 saturated carbocycles. The van der Waals surface area contributed by atoms with Gasteiger partial charge < -0.3 is 4.74 Å². The summed E-state index contributed by atoms with van der Waals surface area (Å²) in [6.45, 7) is 1.80. The molecule has 1 aliphatic rings. The highest BCUT2D eigenvalue weighted by Crippen LogP contribution is 2.30. The largest absolute Gasteiger partial charge is 0.416 e. The van der Waals surface area contributed by atoms with Crippen LogP contribution in [-0.2, 0) is 20.9 Å². The first-order valence-corrected chi connectivity index (χ1v) is 11.6. The fourth-order valence-corrected chi connectivity index (χ4v) is 4.49. The van der Waals surface area contributed by atoms with Gasteiger partial charge in [0, 0.05) is 25.1 Å². The molecule has 0 saturated heterocycles. The van der Waals surface area contributed by atoms with E-state index in [1.165, 1.54) is 0 Å². The molecule has 2 rings (SSSR count). The van der Waals surface area contributed by atoms with Gasteiger partial charge >= 0.3 is 6.18 Å². The minimum Gasteiger partial charge on any atom is -0.381 e. The van der Waals surface area contributed by atoms with Crippen molar-refractivity contribution in [3.63, 3.8) is 0 Å². The van der Waals surface area contributed by atoms with Crippen molar-refractivity contribution >= 4 is 26.0 Å². The SMILES string of the molecule is O=S(=O)(NCC1CCC(COCCCBr)CC1)c1ccc(C(F)(F)F)cc1. The molecule has 154 valence electrons. The van der Waals surface area contributed by atoms with Gasteiger partial charge in [0.15, 0.2) is 0 Å². The van der Waals surface area contributed by atoms with Gasteiger partial charge in [-0.25, -0.2) is 13.1 Å². The Morgan fingerprint density at radius 2 is 1.67 bits per heavy atom. The number of sulfonamides is 1. The summed E-state index contributed by atoms with van der Waals surface area (Å²) in [4.78, 5) is -0.149. The summed E-state index contributed by atoms with van der Waals surface area (Å²) >= 11 is 3.36. The highest BCUT2D eigenvalue weighted by atomic mass is 79.9. The van der Waals surface area contributed by atoms with E-state index in [-0.39, 0.29) is 10.8 Å². The van der Waals surface area contributed by atoms with Gasteiger partial charge in [-0.05, 0) is 68.2 Å². The van der Waals surface area contributed by atoms with Crippen LogP contribution < -0.4 is 4.72 Å². The average Bonchev–Trinajstić information content (AvgIpc) is 2.64. The molecule has 1 aliphatic carbocycles. The Labute approximate surface area is 167 Å². The minimum atomic E-state index is -4.48. The Morgan fingerprint density at radius 3 is 2.22 bits per heavy atom. The van der Waals surface area contributed by atoms with Crippen LogP contribution in [0.15, 0.2) is 29.2 Å². The first-order chi connectivity index (χ1) is 12.7. The maximum absolute atomic E-state index is 12.6. The van der Waals surface area contributed by atoms with E-state index in [9.17, 15) is 21.6 Å². The van der Waals surface area contributed by atoms with Gasteiger partial charge in [0.25, 0.3) is 0 Å². The Bertz CT molecular complexity index is 672. The molecule has 0 aromatic heterocycles. The quantitative estimate of drug-likeness (QED) is 0.423. The molecule has 0 spiro atoms. The number of hydrogen-bond donors (Lipinski definition) is 1. The van der Waals surface area contributed by atoms with Crippen LogP contribution in [0.1, 0.15) is 37.7 Å². The number of ether oxygens (including phenoxy) is 1. The van der Waals surface area contributed by atoms with Crippen LogP contribution in [0.25, 0.3) is 0 Å². The normalized spacial score (nSPS) is 21.3. The summed E-state index contributed by atoms with van der Waals surface area (Å²) < 4.78 is 70.5. The van der Waals surface area contributed by atoms with Crippen molar-refractivity contribution in [3.05, 3.63) is 29.8 Å². The molecule has 1 N–H and O–H groups in total. The van der Waals surface area contributed by atoms with Crippen molar-refractivity contribution in [1.82, 2.24) is 4.72 Å². The van der Waals surface area contributed by atoms with Crippen molar-refractivity contribution in [2.75, 3.05) is 25.1 Å². The van der Waals surface area contributed by atoms with Gasteiger partial charge in [0.1, 0.15) is 0 Å². The van der Waals surface area contributed by atoms with Crippen molar-refractivity contribution in [2.45, 2.75) is 43.2 Å². The molecular weight excluding hydrogens is 447 g/mol. The molecule has 0 radical (unpaired) electrons. The van der Waals surface area contributed by atoms with Crippen molar-refractivity contribution in [3.8, 4) is 0 Å². The second kappa shape index (κ2) is 10.2. The molecule has 0 heterocycles. The second-order valence-electron chi connectivity index (χ2n) is 6.88. The van der Waals surface area contributed by atoms with Crippen LogP contribution >= 0.6 is 15.9 Å². The lowest BCUT2D eigenvalue weighted by atomic mass is 9.82. The summed E-state index contributed by atoms with van der Waals surface area (Å²) in [6, 6.07) is 3.56. The predicted octanol–water partition coefficient (Wildman–Crippen LogP) is 4.59.